The van der Waals surface area contributed by atoms with Crippen LogP contribution in [0.1, 0.15) is 30.1 Å². The Kier molecular flexibility index (Phi) is 2.61. The lowest BCUT2D eigenvalue weighted by molar-refractivity contribution is 0.552. The van der Waals surface area contributed by atoms with Crippen molar-refractivity contribution in [3.05, 3.63) is 47.8 Å². The second-order valence-corrected chi connectivity index (χ2v) is 4.47. The molecule has 1 aromatic heterocycles. The van der Waals surface area contributed by atoms with Gasteiger partial charge in [0.25, 0.3) is 0 Å². The molecule has 1 aliphatic carbocycles. The topological polar surface area (TPSA) is 51.8 Å². The number of aromatic nitrogens is 2. The van der Waals surface area contributed by atoms with Crippen LogP contribution in [0.15, 0.2) is 36.5 Å². The summed E-state index contributed by atoms with van der Waals surface area (Å²) in [6.07, 6.45) is 5.16. The van der Waals surface area contributed by atoms with E-state index in [9.17, 15) is 0 Å². The predicted octanol–water partition coefficient (Wildman–Crippen LogP) is 2.48. The Morgan fingerprint density at radius 1 is 1.18 bits per heavy atom. The van der Waals surface area contributed by atoms with Gasteiger partial charge in [0, 0.05) is 17.8 Å². The maximum Gasteiger partial charge on any atom is 0.159 e. The predicted molar refractivity (Wildman–Crippen MR) is 67.3 cm³/mol. The van der Waals surface area contributed by atoms with Gasteiger partial charge in [-0.15, -0.1) is 0 Å². The van der Waals surface area contributed by atoms with Crippen molar-refractivity contribution < 1.29 is 0 Å². The van der Waals surface area contributed by atoms with Crippen molar-refractivity contribution in [2.75, 3.05) is 0 Å². The van der Waals surface area contributed by atoms with Crippen molar-refractivity contribution in [1.82, 2.24) is 9.97 Å². The standard InChI is InChI=1S/C14H15N3/c15-12-8-4-7-11-9-16-14(17-13(11)12)10-5-2-1-3-6-10/h1-3,5-6,9,12H,4,7-8,15H2. The van der Waals surface area contributed by atoms with Crippen LogP contribution in [0.5, 0.6) is 0 Å². The van der Waals surface area contributed by atoms with E-state index in [-0.39, 0.29) is 6.04 Å². The van der Waals surface area contributed by atoms with Gasteiger partial charge in [-0.25, -0.2) is 9.97 Å². The second kappa shape index (κ2) is 4.26. The van der Waals surface area contributed by atoms with Crippen LogP contribution in [0.2, 0.25) is 0 Å². The normalized spacial score (nSPS) is 18.8. The number of hydrogen-bond donors (Lipinski definition) is 1. The summed E-state index contributed by atoms with van der Waals surface area (Å²) in [5.74, 6) is 0.779. The Balaban J connectivity index is 2.06. The molecule has 1 unspecified atom stereocenters. The fraction of sp³-hybridized carbons (Fsp3) is 0.286. The van der Waals surface area contributed by atoms with E-state index in [0.717, 1.165) is 36.3 Å². The largest absolute Gasteiger partial charge is 0.323 e. The molecule has 0 bridgehead atoms. The van der Waals surface area contributed by atoms with Gasteiger partial charge in [0.2, 0.25) is 0 Å². The maximum absolute atomic E-state index is 6.10. The Morgan fingerprint density at radius 2 is 2.00 bits per heavy atom. The molecule has 1 aliphatic rings. The summed E-state index contributed by atoms with van der Waals surface area (Å²) in [6.45, 7) is 0. The number of hydrogen-bond acceptors (Lipinski definition) is 3. The van der Waals surface area contributed by atoms with Gasteiger partial charge in [-0.1, -0.05) is 30.3 Å². The van der Waals surface area contributed by atoms with Gasteiger partial charge in [-0.2, -0.15) is 0 Å². The minimum absolute atomic E-state index is 0.0733. The molecule has 1 atom stereocenters. The van der Waals surface area contributed by atoms with Crippen LogP contribution < -0.4 is 5.73 Å². The van der Waals surface area contributed by atoms with Crippen molar-refractivity contribution in [3.8, 4) is 11.4 Å². The van der Waals surface area contributed by atoms with Crippen molar-refractivity contribution in [1.29, 1.82) is 0 Å². The first kappa shape index (κ1) is 10.4. The molecule has 3 rings (SSSR count). The minimum Gasteiger partial charge on any atom is -0.323 e. The molecule has 0 spiro atoms. The van der Waals surface area contributed by atoms with Crippen LogP contribution >= 0.6 is 0 Å². The molecule has 0 radical (unpaired) electrons. The van der Waals surface area contributed by atoms with E-state index in [0.29, 0.717) is 0 Å². The third-order valence-corrected chi connectivity index (χ3v) is 3.24. The Hall–Kier alpha value is -1.74. The second-order valence-electron chi connectivity index (χ2n) is 4.47. The van der Waals surface area contributed by atoms with Crippen LogP contribution in [0.25, 0.3) is 11.4 Å². The minimum atomic E-state index is 0.0733. The first-order valence-corrected chi connectivity index (χ1v) is 6.01. The number of rotatable bonds is 1. The maximum atomic E-state index is 6.10. The molecule has 17 heavy (non-hydrogen) atoms. The van der Waals surface area contributed by atoms with Crippen LogP contribution in [-0.2, 0) is 6.42 Å². The molecule has 3 nitrogen and oxygen atoms in total. The van der Waals surface area contributed by atoms with Crippen LogP contribution in [-0.4, -0.2) is 9.97 Å². The monoisotopic (exact) mass is 225 g/mol. The summed E-state index contributed by atoms with van der Waals surface area (Å²) in [5, 5.41) is 0. The summed E-state index contributed by atoms with van der Waals surface area (Å²) in [7, 11) is 0. The Labute approximate surface area is 101 Å². The zero-order valence-electron chi connectivity index (χ0n) is 9.63. The van der Waals surface area contributed by atoms with Crippen LogP contribution in [0.3, 0.4) is 0 Å². The fourth-order valence-corrected chi connectivity index (χ4v) is 2.31. The lowest BCUT2D eigenvalue weighted by Gasteiger charge is -2.20. The van der Waals surface area contributed by atoms with Gasteiger partial charge in [0.05, 0.1) is 5.69 Å². The SMILES string of the molecule is NC1CCCc2cnc(-c3ccccc3)nc21. The lowest BCUT2D eigenvalue weighted by Crippen LogP contribution is -2.19. The molecule has 2 aromatic rings. The van der Waals surface area contributed by atoms with Crippen molar-refractivity contribution in [2.45, 2.75) is 25.3 Å². The highest BCUT2D eigenvalue weighted by molar-refractivity contribution is 5.55. The van der Waals surface area contributed by atoms with Gasteiger partial charge in [-0.3, -0.25) is 0 Å². The first-order chi connectivity index (χ1) is 8.34. The molecule has 0 aliphatic heterocycles. The lowest BCUT2D eigenvalue weighted by atomic mass is 9.93. The van der Waals surface area contributed by atoms with E-state index in [1.54, 1.807) is 0 Å². The molecule has 0 amide bonds. The molecule has 0 saturated heterocycles. The first-order valence-electron chi connectivity index (χ1n) is 6.01. The van der Waals surface area contributed by atoms with Crippen LogP contribution in [0, 0.1) is 0 Å². The summed E-state index contributed by atoms with van der Waals surface area (Å²) in [4.78, 5) is 9.06. The quantitative estimate of drug-likeness (QED) is 0.811. The zero-order valence-corrected chi connectivity index (χ0v) is 9.63. The van der Waals surface area contributed by atoms with E-state index < -0.39 is 0 Å². The van der Waals surface area contributed by atoms with Gasteiger partial charge < -0.3 is 5.73 Å². The van der Waals surface area contributed by atoms with Crippen molar-refractivity contribution in [2.24, 2.45) is 5.73 Å². The number of nitrogens with zero attached hydrogens (tertiary/aromatic N) is 2. The molecule has 0 saturated carbocycles. The number of aryl methyl sites for hydroxylation is 1. The molecule has 1 aromatic carbocycles. The zero-order chi connectivity index (χ0) is 11.7. The average Bonchev–Trinajstić information content (AvgIpc) is 2.40. The Morgan fingerprint density at radius 3 is 2.82 bits per heavy atom. The summed E-state index contributed by atoms with van der Waals surface area (Å²) in [5.41, 5.74) is 9.40. The highest BCUT2D eigenvalue weighted by atomic mass is 14.9. The molecular formula is C14H15N3. The molecule has 2 N–H and O–H groups in total. The summed E-state index contributed by atoms with van der Waals surface area (Å²) >= 11 is 0. The van der Waals surface area contributed by atoms with Gasteiger partial charge in [0.1, 0.15) is 0 Å². The molecular weight excluding hydrogens is 210 g/mol. The fourth-order valence-electron chi connectivity index (χ4n) is 2.31. The van der Waals surface area contributed by atoms with E-state index >= 15 is 0 Å². The number of nitrogens with two attached hydrogens (primary N) is 1. The van der Waals surface area contributed by atoms with Crippen molar-refractivity contribution in [3.63, 3.8) is 0 Å². The molecule has 86 valence electrons. The summed E-state index contributed by atoms with van der Waals surface area (Å²) in [6, 6.07) is 10.1. The van der Waals surface area contributed by atoms with E-state index in [4.69, 9.17) is 5.73 Å². The van der Waals surface area contributed by atoms with Crippen molar-refractivity contribution >= 4 is 0 Å². The van der Waals surface area contributed by atoms with Gasteiger partial charge in [0.15, 0.2) is 5.82 Å². The average molecular weight is 225 g/mol. The smallest absolute Gasteiger partial charge is 0.159 e. The number of benzene rings is 1. The highest BCUT2D eigenvalue weighted by Gasteiger charge is 2.19. The Bertz CT molecular complexity index is 522. The van der Waals surface area contributed by atoms with Gasteiger partial charge in [-0.05, 0) is 24.8 Å². The van der Waals surface area contributed by atoms with Crippen LogP contribution in [0.4, 0.5) is 0 Å². The third-order valence-electron chi connectivity index (χ3n) is 3.24. The third kappa shape index (κ3) is 1.94. The molecule has 1 heterocycles. The van der Waals surface area contributed by atoms with E-state index in [1.165, 1.54) is 5.56 Å². The summed E-state index contributed by atoms with van der Waals surface area (Å²) < 4.78 is 0. The molecule has 3 heteroatoms. The van der Waals surface area contributed by atoms with Gasteiger partial charge >= 0.3 is 0 Å². The van der Waals surface area contributed by atoms with E-state index in [2.05, 4.69) is 9.97 Å². The molecule has 0 fully saturated rings. The highest BCUT2D eigenvalue weighted by Crippen LogP contribution is 2.27. The van der Waals surface area contributed by atoms with E-state index in [1.807, 2.05) is 36.5 Å². The number of fused-ring (bicyclic) bond motifs is 1.